The zero-order valence-corrected chi connectivity index (χ0v) is 14.0. The minimum absolute atomic E-state index is 0.0708. The number of ketones is 1. The number of carbonyl (C=O) groups excluding carboxylic acids is 1. The Labute approximate surface area is 124 Å². The number of carbonyl (C=O) groups is 1. The van der Waals surface area contributed by atoms with Crippen LogP contribution in [0.3, 0.4) is 0 Å². The fourth-order valence-electron chi connectivity index (χ4n) is 1.87. The van der Waals surface area contributed by atoms with Crippen molar-refractivity contribution in [1.82, 2.24) is 0 Å². The predicted octanol–water partition coefficient (Wildman–Crippen LogP) is 4.31. The summed E-state index contributed by atoms with van der Waals surface area (Å²) in [5.41, 5.74) is 2.18. The maximum absolute atomic E-state index is 12.1. The van der Waals surface area contributed by atoms with Crippen LogP contribution in [0.25, 0.3) is 0 Å². The van der Waals surface area contributed by atoms with Crippen LogP contribution in [0.4, 0.5) is 0 Å². The minimum Gasteiger partial charge on any atom is -0.491 e. The molecular formula is C16H23BrO2. The van der Waals surface area contributed by atoms with Gasteiger partial charge in [-0.15, -0.1) is 0 Å². The first-order valence-corrected chi connectivity index (χ1v) is 7.65. The topological polar surface area (TPSA) is 26.3 Å². The number of hydrogen-bond donors (Lipinski definition) is 0. The second-order valence-electron chi connectivity index (χ2n) is 5.54. The molecule has 0 amide bonds. The van der Waals surface area contributed by atoms with Crippen molar-refractivity contribution in [2.45, 2.75) is 52.0 Å². The number of rotatable bonds is 6. The maximum atomic E-state index is 12.1. The van der Waals surface area contributed by atoms with Crippen LogP contribution in [-0.2, 0) is 11.2 Å². The van der Waals surface area contributed by atoms with E-state index >= 15 is 0 Å². The lowest BCUT2D eigenvalue weighted by Crippen LogP contribution is -2.22. The number of benzene rings is 1. The number of halogens is 1. The molecule has 0 radical (unpaired) electrons. The Hall–Kier alpha value is -0.830. The van der Waals surface area contributed by atoms with Crippen molar-refractivity contribution >= 4 is 21.7 Å². The van der Waals surface area contributed by atoms with Gasteiger partial charge in [-0.05, 0) is 49.9 Å². The largest absolute Gasteiger partial charge is 0.491 e. The quantitative estimate of drug-likeness (QED) is 0.728. The first-order chi connectivity index (χ1) is 8.81. The molecule has 1 unspecified atom stereocenters. The Bertz CT molecular complexity index is 438. The molecule has 19 heavy (non-hydrogen) atoms. The molecule has 0 heterocycles. The Kier molecular flexibility index (Phi) is 6.05. The molecule has 3 heteroatoms. The summed E-state index contributed by atoms with van der Waals surface area (Å²) in [5.74, 6) is 1.41. The van der Waals surface area contributed by atoms with E-state index < -0.39 is 0 Å². The lowest BCUT2D eigenvalue weighted by atomic mass is 9.98. The third kappa shape index (κ3) is 4.98. The second kappa shape index (κ2) is 7.09. The van der Waals surface area contributed by atoms with E-state index in [1.54, 1.807) is 0 Å². The zero-order chi connectivity index (χ0) is 14.6. The minimum atomic E-state index is -0.0708. The lowest BCUT2D eigenvalue weighted by Gasteiger charge is -2.15. The van der Waals surface area contributed by atoms with Gasteiger partial charge in [0.25, 0.3) is 0 Å². The molecule has 1 rings (SSSR count). The molecule has 0 N–H and O–H groups in total. The molecule has 0 aromatic heterocycles. The van der Waals surface area contributed by atoms with Crippen LogP contribution in [-0.4, -0.2) is 16.7 Å². The number of alkyl halides is 1. The Balaban J connectivity index is 2.77. The molecule has 0 saturated carbocycles. The van der Waals surface area contributed by atoms with E-state index in [4.69, 9.17) is 4.74 Å². The van der Waals surface area contributed by atoms with Crippen LogP contribution >= 0.6 is 15.9 Å². The van der Waals surface area contributed by atoms with E-state index in [1.165, 1.54) is 0 Å². The lowest BCUT2D eigenvalue weighted by molar-refractivity contribution is -0.118. The first kappa shape index (κ1) is 16.2. The molecule has 1 aromatic rings. The van der Waals surface area contributed by atoms with Crippen LogP contribution in [0.15, 0.2) is 18.2 Å². The second-order valence-corrected chi connectivity index (χ2v) is 6.53. The highest BCUT2D eigenvalue weighted by atomic mass is 79.9. The third-order valence-corrected chi connectivity index (χ3v) is 4.51. The van der Waals surface area contributed by atoms with Gasteiger partial charge in [0.05, 0.1) is 10.9 Å². The summed E-state index contributed by atoms with van der Waals surface area (Å²) in [5, 5.41) is 0. The number of hydrogen-bond acceptors (Lipinski definition) is 2. The molecule has 2 nitrogen and oxygen atoms in total. The molecule has 1 atom stereocenters. The Morgan fingerprint density at radius 2 is 1.89 bits per heavy atom. The normalized spacial score (nSPS) is 12.8. The number of ether oxygens (including phenoxy) is 1. The summed E-state index contributed by atoms with van der Waals surface area (Å²) in [6.45, 7) is 10.1. The Morgan fingerprint density at radius 3 is 2.37 bits per heavy atom. The van der Waals surface area contributed by atoms with Gasteiger partial charge in [0.15, 0.2) is 5.78 Å². The molecule has 106 valence electrons. The van der Waals surface area contributed by atoms with Crippen LogP contribution in [0.1, 0.15) is 38.8 Å². The summed E-state index contributed by atoms with van der Waals surface area (Å²) in [4.78, 5) is 12.0. The molecular weight excluding hydrogens is 304 g/mol. The molecule has 0 bridgehead atoms. The van der Waals surface area contributed by atoms with E-state index in [0.29, 0.717) is 12.3 Å². The van der Waals surface area contributed by atoms with Gasteiger partial charge >= 0.3 is 0 Å². The van der Waals surface area contributed by atoms with Crippen LogP contribution < -0.4 is 4.74 Å². The molecule has 0 aliphatic carbocycles. The summed E-state index contributed by atoms with van der Waals surface area (Å²) >= 11 is 3.46. The van der Waals surface area contributed by atoms with Gasteiger partial charge in [-0.2, -0.15) is 0 Å². The highest BCUT2D eigenvalue weighted by Crippen LogP contribution is 2.21. The van der Waals surface area contributed by atoms with Gasteiger partial charge in [-0.1, -0.05) is 35.8 Å². The number of Topliss-reactive ketones (excluding diaryl/α,β-unsaturated/α-hetero) is 1. The van der Waals surface area contributed by atoms with Gasteiger partial charge in [0, 0.05) is 6.42 Å². The monoisotopic (exact) mass is 326 g/mol. The molecule has 0 aliphatic heterocycles. The van der Waals surface area contributed by atoms with Gasteiger partial charge < -0.3 is 4.74 Å². The molecule has 0 aliphatic rings. The van der Waals surface area contributed by atoms with E-state index in [9.17, 15) is 4.79 Å². The van der Waals surface area contributed by atoms with E-state index in [1.807, 2.05) is 52.8 Å². The highest BCUT2D eigenvalue weighted by molar-refractivity contribution is 9.10. The fourth-order valence-corrected chi connectivity index (χ4v) is 2.03. The summed E-state index contributed by atoms with van der Waals surface area (Å²) < 4.78 is 5.65. The van der Waals surface area contributed by atoms with Crippen LogP contribution in [0.5, 0.6) is 5.75 Å². The van der Waals surface area contributed by atoms with Crippen molar-refractivity contribution in [1.29, 1.82) is 0 Å². The predicted molar refractivity (Wildman–Crippen MR) is 83.2 cm³/mol. The highest BCUT2D eigenvalue weighted by Gasteiger charge is 2.19. The molecule has 0 fully saturated rings. The average Bonchev–Trinajstić information content (AvgIpc) is 2.30. The van der Waals surface area contributed by atoms with Crippen molar-refractivity contribution in [2.24, 2.45) is 5.92 Å². The average molecular weight is 327 g/mol. The summed E-state index contributed by atoms with van der Waals surface area (Å²) in [6, 6.07) is 5.93. The molecule has 0 saturated heterocycles. The van der Waals surface area contributed by atoms with Crippen molar-refractivity contribution in [2.75, 3.05) is 0 Å². The SMILES string of the molecule is Cc1cc(OC(C)C)ccc1CC(=O)C(Br)C(C)C. The van der Waals surface area contributed by atoms with Gasteiger partial charge in [0.2, 0.25) is 0 Å². The zero-order valence-electron chi connectivity index (χ0n) is 12.4. The van der Waals surface area contributed by atoms with Gasteiger partial charge in [-0.3, -0.25) is 4.79 Å². The van der Waals surface area contributed by atoms with Crippen LogP contribution in [0, 0.1) is 12.8 Å². The first-order valence-electron chi connectivity index (χ1n) is 6.74. The maximum Gasteiger partial charge on any atom is 0.151 e. The smallest absolute Gasteiger partial charge is 0.151 e. The van der Waals surface area contributed by atoms with Crippen molar-refractivity contribution in [3.8, 4) is 5.75 Å². The molecule has 1 aromatic carbocycles. The third-order valence-electron chi connectivity index (χ3n) is 2.94. The summed E-state index contributed by atoms with van der Waals surface area (Å²) in [6.07, 6.45) is 0.641. The Morgan fingerprint density at radius 1 is 1.26 bits per heavy atom. The summed E-state index contributed by atoms with van der Waals surface area (Å²) in [7, 11) is 0. The standard InChI is InChI=1S/C16H23BrO2/c1-10(2)16(17)15(18)9-13-6-7-14(8-12(13)5)19-11(3)4/h6-8,10-11,16H,9H2,1-5H3. The van der Waals surface area contributed by atoms with Gasteiger partial charge in [-0.25, -0.2) is 0 Å². The van der Waals surface area contributed by atoms with Crippen LogP contribution in [0.2, 0.25) is 0 Å². The van der Waals surface area contributed by atoms with Gasteiger partial charge in [0.1, 0.15) is 5.75 Å². The van der Waals surface area contributed by atoms with E-state index in [2.05, 4.69) is 15.9 Å². The van der Waals surface area contributed by atoms with E-state index in [0.717, 1.165) is 16.9 Å². The molecule has 0 spiro atoms. The fraction of sp³-hybridized carbons (Fsp3) is 0.562. The van der Waals surface area contributed by atoms with Crippen molar-refractivity contribution in [3.63, 3.8) is 0 Å². The number of aryl methyl sites for hydroxylation is 1. The van der Waals surface area contributed by atoms with Crippen molar-refractivity contribution < 1.29 is 9.53 Å². The van der Waals surface area contributed by atoms with E-state index in [-0.39, 0.29) is 16.7 Å². The van der Waals surface area contributed by atoms with Crippen molar-refractivity contribution in [3.05, 3.63) is 29.3 Å².